The van der Waals surface area contributed by atoms with Crippen molar-refractivity contribution in [2.75, 3.05) is 0 Å². The van der Waals surface area contributed by atoms with E-state index in [9.17, 15) is 0 Å². The van der Waals surface area contributed by atoms with Gasteiger partial charge in [-0.3, -0.25) is 0 Å². The Hall–Kier alpha value is 0.540. The minimum atomic E-state index is -0.492. The van der Waals surface area contributed by atoms with Gasteiger partial charge in [-0.05, 0) is 13.3 Å². The maximum absolute atomic E-state index is 5.69. The molecule has 1 aliphatic carbocycles. The second-order valence-electron chi connectivity index (χ2n) is 2.43. The van der Waals surface area contributed by atoms with Gasteiger partial charge in [0.15, 0.2) is 0 Å². The van der Waals surface area contributed by atoms with Crippen molar-refractivity contribution in [3.8, 4) is 0 Å². The van der Waals surface area contributed by atoms with Crippen LogP contribution in [0.3, 0.4) is 0 Å². The summed E-state index contributed by atoms with van der Waals surface area (Å²) in [7, 11) is 0. The summed E-state index contributed by atoms with van der Waals surface area (Å²) in [5, 5.41) is 0. The summed E-state index contributed by atoms with van der Waals surface area (Å²) >= 11 is 11.4. The molecule has 1 rings (SSSR count). The minimum absolute atomic E-state index is 0.144. The highest BCUT2D eigenvalue weighted by Gasteiger charge is 2.53. The Labute approximate surface area is 59.1 Å². The fraction of sp³-hybridized carbons (Fsp3) is 1.00. The van der Waals surface area contributed by atoms with Gasteiger partial charge >= 0.3 is 0 Å². The fourth-order valence-electron chi connectivity index (χ4n) is 0.805. The zero-order chi connectivity index (χ0) is 6.36. The van der Waals surface area contributed by atoms with Gasteiger partial charge in [0.2, 0.25) is 0 Å². The van der Waals surface area contributed by atoms with Crippen LogP contribution in [-0.2, 0) is 0 Å². The number of rotatable bonds is 1. The topological polar surface area (TPSA) is 26.0 Å². The third-order valence-electron chi connectivity index (χ3n) is 1.51. The Morgan fingerprint density at radius 3 is 2.12 bits per heavy atom. The molecular formula is C5H9Cl2N. The Morgan fingerprint density at radius 1 is 1.75 bits per heavy atom. The standard InChI is InChI=1S/C5H9Cl2N/c1-3(8)4-2-5(4,6)7/h3-4H,2,8H2,1H3/t3?,4-/m0/s1. The predicted octanol–water partition coefficient (Wildman–Crippen LogP) is 1.53. The van der Waals surface area contributed by atoms with E-state index in [1.807, 2.05) is 6.92 Å². The molecule has 8 heavy (non-hydrogen) atoms. The van der Waals surface area contributed by atoms with Gasteiger partial charge in [0.1, 0.15) is 4.33 Å². The van der Waals surface area contributed by atoms with Crippen LogP contribution in [0.4, 0.5) is 0 Å². The molecule has 0 aromatic rings. The molecule has 0 spiro atoms. The van der Waals surface area contributed by atoms with E-state index < -0.39 is 4.33 Å². The summed E-state index contributed by atoms with van der Waals surface area (Å²) < 4.78 is -0.492. The zero-order valence-electron chi connectivity index (χ0n) is 4.70. The maximum atomic E-state index is 5.69. The molecule has 3 heteroatoms. The molecule has 1 aliphatic rings. The van der Waals surface area contributed by atoms with Crippen molar-refractivity contribution in [3.05, 3.63) is 0 Å². The lowest BCUT2D eigenvalue weighted by molar-refractivity contribution is 0.643. The molecule has 1 nitrogen and oxygen atoms in total. The average molecular weight is 154 g/mol. The largest absolute Gasteiger partial charge is 0.328 e. The van der Waals surface area contributed by atoms with Gasteiger partial charge in [-0.15, -0.1) is 23.2 Å². The van der Waals surface area contributed by atoms with Gasteiger partial charge in [0.25, 0.3) is 0 Å². The van der Waals surface area contributed by atoms with E-state index in [-0.39, 0.29) is 6.04 Å². The van der Waals surface area contributed by atoms with Crippen LogP contribution in [0.2, 0.25) is 0 Å². The number of hydrogen-bond donors (Lipinski definition) is 1. The third-order valence-corrected chi connectivity index (χ3v) is 2.38. The summed E-state index contributed by atoms with van der Waals surface area (Å²) in [6.07, 6.45) is 0.855. The van der Waals surface area contributed by atoms with E-state index >= 15 is 0 Å². The van der Waals surface area contributed by atoms with Gasteiger partial charge < -0.3 is 5.73 Å². The SMILES string of the molecule is CC(N)[C@@H]1CC1(Cl)Cl. The van der Waals surface area contributed by atoms with E-state index in [0.717, 1.165) is 6.42 Å². The normalized spacial score (nSPS) is 36.8. The van der Waals surface area contributed by atoms with Crippen molar-refractivity contribution >= 4 is 23.2 Å². The lowest BCUT2D eigenvalue weighted by Crippen LogP contribution is -2.20. The van der Waals surface area contributed by atoms with Gasteiger partial charge in [-0.1, -0.05) is 0 Å². The van der Waals surface area contributed by atoms with Crippen LogP contribution in [0.15, 0.2) is 0 Å². The Bertz CT molecular complexity index is 101. The van der Waals surface area contributed by atoms with Gasteiger partial charge in [0.05, 0.1) is 0 Å². The molecule has 0 aliphatic heterocycles. The lowest BCUT2D eigenvalue weighted by atomic mass is 10.2. The van der Waals surface area contributed by atoms with Crippen molar-refractivity contribution < 1.29 is 0 Å². The molecule has 0 amide bonds. The highest BCUT2D eigenvalue weighted by atomic mass is 35.5. The highest BCUT2D eigenvalue weighted by Crippen LogP contribution is 2.54. The monoisotopic (exact) mass is 153 g/mol. The van der Waals surface area contributed by atoms with E-state index in [4.69, 9.17) is 28.9 Å². The Kier molecular flexibility index (Phi) is 1.46. The molecule has 0 aromatic carbocycles. The van der Waals surface area contributed by atoms with Crippen molar-refractivity contribution in [1.29, 1.82) is 0 Å². The molecule has 1 saturated carbocycles. The predicted molar refractivity (Wildman–Crippen MR) is 36.2 cm³/mol. The van der Waals surface area contributed by atoms with Crippen LogP contribution < -0.4 is 5.73 Å². The van der Waals surface area contributed by atoms with Crippen molar-refractivity contribution in [2.24, 2.45) is 11.7 Å². The molecule has 0 radical (unpaired) electrons. The second kappa shape index (κ2) is 1.76. The van der Waals surface area contributed by atoms with Crippen LogP contribution in [-0.4, -0.2) is 10.4 Å². The van der Waals surface area contributed by atoms with Crippen LogP contribution in [0.5, 0.6) is 0 Å². The van der Waals surface area contributed by atoms with E-state index in [1.165, 1.54) is 0 Å². The fourth-order valence-corrected chi connectivity index (χ4v) is 1.53. The minimum Gasteiger partial charge on any atom is -0.328 e. The zero-order valence-corrected chi connectivity index (χ0v) is 6.21. The Morgan fingerprint density at radius 2 is 2.12 bits per heavy atom. The third kappa shape index (κ3) is 1.09. The molecular weight excluding hydrogens is 145 g/mol. The first-order chi connectivity index (χ1) is 3.54. The number of nitrogens with two attached hydrogens (primary N) is 1. The number of alkyl halides is 2. The van der Waals surface area contributed by atoms with Crippen LogP contribution in [0.25, 0.3) is 0 Å². The van der Waals surface area contributed by atoms with E-state index in [2.05, 4.69) is 0 Å². The molecule has 0 aromatic heterocycles. The second-order valence-corrected chi connectivity index (χ2v) is 3.97. The van der Waals surface area contributed by atoms with Crippen molar-refractivity contribution in [2.45, 2.75) is 23.7 Å². The first kappa shape index (κ1) is 6.66. The molecule has 1 fully saturated rings. The molecule has 1 unspecified atom stereocenters. The van der Waals surface area contributed by atoms with Crippen molar-refractivity contribution in [3.63, 3.8) is 0 Å². The van der Waals surface area contributed by atoms with Crippen LogP contribution >= 0.6 is 23.2 Å². The first-order valence-electron chi connectivity index (χ1n) is 2.67. The van der Waals surface area contributed by atoms with Gasteiger partial charge in [0, 0.05) is 12.0 Å². The molecule has 2 atom stereocenters. The molecule has 2 N–H and O–H groups in total. The van der Waals surface area contributed by atoms with Crippen LogP contribution in [0, 0.1) is 5.92 Å². The summed E-state index contributed by atoms with van der Waals surface area (Å²) in [5.41, 5.74) is 5.50. The summed E-state index contributed by atoms with van der Waals surface area (Å²) in [4.78, 5) is 0. The molecule has 48 valence electrons. The number of hydrogen-bond acceptors (Lipinski definition) is 1. The average Bonchev–Trinajstić information content (AvgIpc) is 2.13. The molecule has 0 heterocycles. The van der Waals surface area contributed by atoms with Gasteiger partial charge in [-0.25, -0.2) is 0 Å². The van der Waals surface area contributed by atoms with Crippen LogP contribution in [0.1, 0.15) is 13.3 Å². The van der Waals surface area contributed by atoms with E-state index in [1.54, 1.807) is 0 Å². The molecule has 0 saturated heterocycles. The first-order valence-corrected chi connectivity index (χ1v) is 3.43. The smallest absolute Gasteiger partial charge is 0.123 e. The van der Waals surface area contributed by atoms with Gasteiger partial charge in [-0.2, -0.15) is 0 Å². The number of halogens is 2. The maximum Gasteiger partial charge on any atom is 0.123 e. The summed E-state index contributed by atoms with van der Waals surface area (Å²) in [5.74, 6) is 0.325. The quantitative estimate of drug-likeness (QED) is 0.569. The lowest BCUT2D eigenvalue weighted by Gasteiger charge is -2.01. The summed E-state index contributed by atoms with van der Waals surface area (Å²) in [6, 6.07) is 0.144. The summed E-state index contributed by atoms with van der Waals surface area (Å²) in [6.45, 7) is 1.93. The van der Waals surface area contributed by atoms with Crippen molar-refractivity contribution in [1.82, 2.24) is 0 Å². The Balaban J connectivity index is 2.37. The van der Waals surface area contributed by atoms with E-state index in [0.29, 0.717) is 5.92 Å². The highest BCUT2D eigenvalue weighted by molar-refractivity contribution is 6.50. The molecule has 0 bridgehead atoms.